The zero-order valence-electron chi connectivity index (χ0n) is 8.78. The van der Waals surface area contributed by atoms with Crippen molar-refractivity contribution in [2.45, 2.75) is 18.9 Å². The van der Waals surface area contributed by atoms with E-state index in [1.165, 1.54) is 0 Å². The predicted octanol–water partition coefficient (Wildman–Crippen LogP) is 2.39. The number of rotatable bonds is 4. The van der Waals surface area contributed by atoms with Crippen LogP contribution in [-0.4, -0.2) is 17.8 Å². The highest BCUT2D eigenvalue weighted by atomic mass is 35.5. The van der Waals surface area contributed by atoms with Crippen molar-refractivity contribution in [3.8, 4) is 6.07 Å². The van der Waals surface area contributed by atoms with E-state index in [9.17, 15) is 5.11 Å². The Morgan fingerprint density at radius 3 is 2.94 bits per heavy atom. The van der Waals surface area contributed by atoms with Gasteiger partial charge >= 0.3 is 0 Å². The number of hydrogen-bond donors (Lipinski definition) is 2. The molecule has 16 heavy (non-hydrogen) atoms. The van der Waals surface area contributed by atoms with Crippen LogP contribution in [0.2, 0.25) is 5.02 Å². The molecule has 3 nitrogen and oxygen atoms in total. The number of nitrogens with one attached hydrogen (secondary N) is 1. The molecular weight excluding hydrogens is 224 g/mol. The number of anilines is 1. The number of aliphatic hydroxyl groups excluding tert-OH is 1. The highest BCUT2D eigenvalue weighted by molar-refractivity contribution is 6.32. The second-order valence-electron chi connectivity index (χ2n) is 4.06. The molecule has 1 unspecified atom stereocenters. The number of hydrogen-bond acceptors (Lipinski definition) is 3. The molecule has 0 radical (unpaired) electrons. The van der Waals surface area contributed by atoms with Crippen LogP contribution >= 0.6 is 11.6 Å². The van der Waals surface area contributed by atoms with E-state index >= 15 is 0 Å². The summed E-state index contributed by atoms with van der Waals surface area (Å²) in [7, 11) is 0. The van der Waals surface area contributed by atoms with E-state index in [2.05, 4.69) is 11.4 Å². The first-order chi connectivity index (χ1) is 7.72. The minimum absolute atomic E-state index is 0.328. The Morgan fingerprint density at radius 2 is 2.31 bits per heavy atom. The van der Waals surface area contributed by atoms with Gasteiger partial charge in [-0.05, 0) is 30.9 Å². The molecule has 0 saturated heterocycles. The molecule has 0 heterocycles. The summed E-state index contributed by atoms with van der Waals surface area (Å²) in [6.07, 6.45) is 1.87. The van der Waals surface area contributed by atoms with E-state index < -0.39 is 0 Å². The van der Waals surface area contributed by atoms with Gasteiger partial charge in [-0.15, -0.1) is 0 Å². The summed E-state index contributed by atoms with van der Waals surface area (Å²) in [6, 6.07) is 7.32. The molecule has 4 heteroatoms. The lowest BCUT2D eigenvalue weighted by molar-refractivity contribution is 0.164. The summed E-state index contributed by atoms with van der Waals surface area (Å²) < 4.78 is 0. The average Bonchev–Trinajstić information content (AvgIpc) is 3.09. The van der Waals surface area contributed by atoms with Gasteiger partial charge in [0.15, 0.2) is 0 Å². The van der Waals surface area contributed by atoms with Crippen LogP contribution in [0, 0.1) is 17.2 Å². The molecule has 1 saturated carbocycles. The zero-order chi connectivity index (χ0) is 11.5. The molecule has 1 atom stereocenters. The fraction of sp³-hybridized carbons (Fsp3) is 0.417. The molecule has 1 aliphatic carbocycles. The van der Waals surface area contributed by atoms with Crippen molar-refractivity contribution >= 4 is 17.3 Å². The number of nitrogens with zero attached hydrogens (tertiary/aromatic N) is 1. The average molecular weight is 237 g/mol. The van der Waals surface area contributed by atoms with Gasteiger partial charge in [-0.1, -0.05) is 17.7 Å². The summed E-state index contributed by atoms with van der Waals surface area (Å²) in [6.45, 7) is 0.472. The lowest BCUT2D eigenvalue weighted by atomic mass is 10.1. The van der Waals surface area contributed by atoms with Crippen LogP contribution in [0.3, 0.4) is 0 Å². The van der Waals surface area contributed by atoms with Crippen LogP contribution in [0.25, 0.3) is 0 Å². The number of aliphatic hydroxyl groups is 1. The van der Waals surface area contributed by atoms with Gasteiger partial charge in [0.05, 0.1) is 22.4 Å². The summed E-state index contributed by atoms with van der Waals surface area (Å²) in [5.41, 5.74) is 1.13. The van der Waals surface area contributed by atoms with E-state index in [0.29, 0.717) is 28.7 Å². The molecular formula is C12H13ClN2O. The van der Waals surface area contributed by atoms with Gasteiger partial charge in [-0.2, -0.15) is 5.26 Å². The van der Waals surface area contributed by atoms with Gasteiger partial charge in [-0.25, -0.2) is 0 Å². The van der Waals surface area contributed by atoms with E-state index in [4.69, 9.17) is 16.9 Å². The van der Waals surface area contributed by atoms with E-state index in [0.717, 1.165) is 12.8 Å². The Kier molecular flexibility index (Phi) is 3.33. The Labute approximate surface area is 99.7 Å². The van der Waals surface area contributed by atoms with E-state index in [-0.39, 0.29) is 6.10 Å². The van der Waals surface area contributed by atoms with E-state index in [1.807, 2.05) is 0 Å². The van der Waals surface area contributed by atoms with E-state index in [1.54, 1.807) is 18.2 Å². The molecule has 0 amide bonds. The predicted molar refractivity (Wildman–Crippen MR) is 63.4 cm³/mol. The highest BCUT2D eigenvalue weighted by Crippen LogP contribution is 2.33. The Balaban J connectivity index is 2.03. The third kappa shape index (κ3) is 2.46. The minimum Gasteiger partial charge on any atom is -0.391 e. The Morgan fingerprint density at radius 1 is 1.56 bits per heavy atom. The second kappa shape index (κ2) is 4.73. The largest absolute Gasteiger partial charge is 0.391 e. The lowest BCUT2D eigenvalue weighted by Crippen LogP contribution is -2.21. The molecule has 2 N–H and O–H groups in total. The topological polar surface area (TPSA) is 56.0 Å². The zero-order valence-corrected chi connectivity index (χ0v) is 9.54. The summed E-state index contributed by atoms with van der Waals surface area (Å²) in [4.78, 5) is 0. The molecule has 1 aromatic rings. The van der Waals surface area contributed by atoms with Gasteiger partial charge in [0.2, 0.25) is 0 Å². The molecule has 1 aromatic carbocycles. The minimum atomic E-state index is -0.328. The first kappa shape index (κ1) is 11.3. The summed E-state index contributed by atoms with van der Waals surface area (Å²) in [5.74, 6) is 0.428. The molecule has 1 aliphatic rings. The van der Waals surface area contributed by atoms with Gasteiger partial charge in [0.1, 0.15) is 6.07 Å². The molecule has 1 fully saturated rings. The molecule has 0 aliphatic heterocycles. The first-order valence-electron chi connectivity index (χ1n) is 5.33. The third-order valence-electron chi connectivity index (χ3n) is 2.79. The maximum absolute atomic E-state index is 9.70. The van der Waals surface area contributed by atoms with Crippen molar-refractivity contribution in [3.63, 3.8) is 0 Å². The van der Waals surface area contributed by atoms with Crippen molar-refractivity contribution < 1.29 is 5.11 Å². The standard InChI is InChI=1S/C12H13ClN2O/c13-10-2-1-3-11(9(10)6-14)15-7-12(16)8-4-5-8/h1-3,8,12,15-16H,4-5,7H2. The molecule has 0 spiro atoms. The number of nitriles is 1. The van der Waals surface area contributed by atoms with Gasteiger partial charge in [-0.3, -0.25) is 0 Å². The third-order valence-corrected chi connectivity index (χ3v) is 3.11. The van der Waals surface area contributed by atoms with Crippen LogP contribution in [0.15, 0.2) is 18.2 Å². The normalized spacial score (nSPS) is 16.6. The van der Waals surface area contributed by atoms with Crippen molar-refractivity contribution in [2.75, 3.05) is 11.9 Å². The fourth-order valence-corrected chi connectivity index (χ4v) is 1.86. The van der Waals surface area contributed by atoms with Crippen molar-refractivity contribution in [1.29, 1.82) is 5.26 Å². The molecule has 2 rings (SSSR count). The summed E-state index contributed by atoms with van der Waals surface area (Å²) in [5, 5.41) is 22.2. The quantitative estimate of drug-likeness (QED) is 0.844. The molecule has 84 valence electrons. The Hall–Kier alpha value is -1.24. The number of benzene rings is 1. The van der Waals surface area contributed by atoms with Crippen molar-refractivity contribution in [1.82, 2.24) is 0 Å². The lowest BCUT2D eigenvalue weighted by Gasteiger charge is -2.13. The monoisotopic (exact) mass is 236 g/mol. The van der Waals surface area contributed by atoms with Gasteiger partial charge in [0.25, 0.3) is 0 Å². The van der Waals surface area contributed by atoms with Gasteiger partial charge in [0, 0.05) is 6.54 Å². The van der Waals surface area contributed by atoms with Crippen LogP contribution in [0.5, 0.6) is 0 Å². The van der Waals surface area contributed by atoms with Crippen LogP contribution in [0.1, 0.15) is 18.4 Å². The van der Waals surface area contributed by atoms with Crippen LogP contribution in [0.4, 0.5) is 5.69 Å². The maximum Gasteiger partial charge on any atom is 0.103 e. The molecule has 0 bridgehead atoms. The van der Waals surface area contributed by atoms with Crippen molar-refractivity contribution in [3.05, 3.63) is 28.8 Å². The summed E-state index contributed by atoms with van der Waals surface area (Å²) >= 11 is 5.89. The first-order valence-corrected chi connectivity index (χ1v) is 5.70. The maximum atomic E-state index is 9.70. The van der Waals surface area contributed by atoms with Crippen LogP contribution < -0.4 is 5.32 Å². The SMILES string of the molecule is N#Cc1c(Cl)cccc1NCC(O)C1CC1. The second-order valence-corrected chi connectivity index (χ2v) is 4.47. The highest BCUT2D eigenvalue weighted by Gasteiger charge is 2.29. The smallest absolute Gasteiger partial charge is 0.103 e. The van der Waals surface area contributed by atoms with Gasteiger partial charge < -0.3 is 10.4 Å². The number of halogens is 1. The van der Waals surface area contributed by atoms with Crippen LogP contribution in [-0.2, 0) is 0 Å². The molecule has 0 aromatic heterocycles. The Bertz CT molecular complexity index is 424. The fourth-order valence-electron chi connectivity index (χ4n) is 1.65. The van der Waals surface area contributed by atoms with Crippen molar-refractivity contribution in [2.24, 2.45) is 5.92 Å².